The van der Waals surface area contributed by atoms with Crippen molar-refractivity contribution in [2.24, 2.45) is 0 Å². The number of anilines is 2. The Morgan fingerprint density at radius 2 is 1.67 bits per heavy atom. The first-order valence-electron chi connectivity index (χ1n) is 10.8. The minimum absolute atomic E-state index is 0.184. The summed E-state index contributed by atoms with van der Waals surface area (Å²) in [4.78, 5) is 36.5. The maximum Gasteiger partial charge on any atom is 0.490 e. The Hall–Kier alpha value is -3.86. The summed E-state index contributed by atoms with van der Waals surface area (Å²) in [6.45, 7) is 3.54. The minimum atomic E-state index is -5.08. The molecule has 192 valence electrons. The highest BCUT2D eigenvalue weighted by Crippen LogP contribution is 2.28. The zero-order valence-electron chi connectivity index (χ0n) is 19.3. The fourth-order valence-electron chi connectivity index (χ4n) is 3.08. The van der Waals surface area contributed by atoms with Crippen LogP contribution in [0.4, 0.5) is 24.5 Å². The molecular weight excluding hydrogens is 497 g/mol. The van der Waals surface area contributed by atoms with Crippen molar-refractivity contribution in [3.05, 3.63) is 82.0 Å². The molecule has 0 saturated carbocycles. The van der Waals surface area contributed by atoms with Crippen LogP contribution in [0.5, 0.6) is 0 Å². The van der Waals surface area contributed by atoms with Crippen LogP contribution in [0, 0.1) is 0 Å². The molecule has 0 unspecified atom stereocenters. The number of aromatic carboxylic acids is 1. The summed E-state index contributed by atoms with van der Waals surface area (Å²) in [6, 6.07) is 18.0. The van der Waals surface area contributed by atoms with Crippen molar-refractivity contribution in [2.75, 3.05) is 16.8 Å². The van der Waals surface area contributed by atoms with E-state index in [9.17, 15) is 27.9 Å². The predicted molar refractivity (Wildman–Crippen MR) is 132 cm³/mol. The average Bonchev–Trinajstić information content (AvgIpc) is 3.35. The monoisotopic (exact) mass is 522 g/mol. The molecule has 0 aliphatic carbocycles. The van der Waals surface area contributed by atoms with E-state index >= 15 is 0 Å². The van der Waals surface area contributed by atoms with E-state index in [4.69, 9.17) is 9.90 Å². The minimum Gasteiger partial charge on any atom is -0.478 e. The largest absolute Gasteiger partial charge is 0.490 e. The molecule has 11 heteroatoms. The van der Waals surface area contributed by atoms with Gasteiger partial charge in [0.25, 0.3) is 5.91 Å². The van der Waals surface area contributed by atoms with Gasteiger partial charge in [0.15, 0.2) is 0 Å². The highest BCUT2D eigenvalue weighted by Gasteiger charge is 2.38. The molecule has 0 fully saturated rings. The molecule has 3 rings (SSSR count). The molecule has 2 aromatic carbocycles. The number of rotatable bonds is 9. The van der Waals surface area contributed by atoms with E-state index in [1.807, 2.05) is 17.5 Å². The Morgan fingerprint density at radius 3 is 2.19 bits per heavy atom. The Bertz CT molecular complexity index is 1150. The molecule has 1 aromatic heterocycles. The summed E-state index contributed by atoms with van der Waals surface area (Å²) in [5.41, 5.74) is 1.84. The van der Waals surface area contributed by atoms with Crippen molar-refractivity contribution < 1.29 is 37.8 Å². The first-order chi connectivity index (χ1) is 17.0. The zero-order chi connectivity index (χ0) is 26.7. The van der Waals surface area contributed by atoms with Crippen molar-refractivity contribution in [3.8, 4) is 0 Å². The fraction of sp³-hybridized carbons (Fsp3) is 0.240. The molecule has 1 amide bonds. The lowest BCUT2D eigenvalue weighted by Crippen LogP contribution is -2.25. The van der Waals surface area contributed by atoms with Crippen LogP contribution in [0.2, 0.25) is 0 Å². The van der Waals surface area contributed by atoms with Gasteiger partial charge in [-0.2, -0.15) is 13.2 Å². The number of nitrogens with one attached hydrogen (secondary N) is 1. The van der Waals surface area contributed by atoms with Crippen LogP contribution in [-0.2, 0) is 11.3 Å². The van der Waals surface area contributed by atoms with Crippen LogP contribution in [0.15, 0.2) is 66.0 Å². The van der Waals surface area contributed by atoms with Crippen molar-refractivity contribution in [3.63, 3.8) is 0 Å². The Labute approximate surface area is 209 Å². The molecule has 3 N–H and O–H groups in total. The number of benzene rings is 2. The van der Waals surface area contributed by atoms with E-state index in [-0.39, 0.29) is 11.5 Å². The number of carbonyl (C=O) groups is 3. The third kappa shape index (κ3) is 8.73. The number of unbranched alkanes of at least 4 members (excludes halogenated alkanes) is 1. The van der Waals surface area contributed by atoms with Gasteiger partial charge in [0.2, 0.25) is 0 Å². The second kappa shape index (κ2) is 13.3. The SMILES string of the molecule is CCCCN(Cc1cccs1)c1ccc(NC(=O)c2ccccc2)cc1C(=O)O.O=C(O)C(F)(F)F. The molecule has 1 heterocycles. The Kier molecular flexibility index (Phi) is 10.5. The van der Waals surface area contributed by atoms with E-state index in [0.717, 1.165) is 19.4 Å². The van der Waals surface area contributed by atoms with E-state index in [0.29, 0.717) is 23.5 Å². The number of carboxylic acid groups (broad SMARTS) is 2. The topological polar surface area (TPSA) is 107 Å². The van der Waals surface area contributed by atoms with Crippen LogP contribution >= 0.6 is 11.3 Å². The molecule has 7 nitrogen and oxygen atoms in total. The second-order valence-corrected chi connectivity index (χ2v) is 8.55. The number of amides is 1. The lowest BCUT2D eigenvalue weighted by atomic mass is 10.1. The molecular formula is C25H25F3N2O5S. The molecule has 0 spiro atoms. The summed E-state index contributed by atoms with van der Waals surface area (Å²) in [6.07, 6.45) is -3.09. The van der Waals surface area contributed by atoms with Gasteiger partial charge < -0.3 is 20.4 Å². The van der Waals surface area contributed by atoms with Gasteiger partial charge in [-0.05, 0) is 48.2 Å². The quantitative estimate of drug-likeness (QED) is 0.312. The van der Waals surface area contributed by atoms with E-state index in [2.05, 4.69) is 23.2 Å². The Balaban J connectivity index is 0.000000572. The summed E-state index contributed by atoms with van der Waals surface area (Å²) in [5, 5.41) is 21.7. The van der Waals surface area contributed by atoms with Gasteiger partial charge in [-0.25, -0.2) is 9.59 Å². The lowest BCUT2D eigenvalue weighted by molar-refractivity contribution is -0.192. The maximum absolute atomic E-state index is 12.4. The summed E-state index contributed by atoms with van der Waals surface area (Å²) >= 11 is 1.66. The van der Waals surface area contributed by atoms with Crippen LogP contribution in [-0.4, -0.2) is 40.8 Å². The molecule has 0 aliphatic heterocycles. The molecule has 0 aliphatic rings. The van der Waals surface area contributed by atoms with Crippen LogP contribution in [0.25, 0.3) is 0 Å². The first kappa shape index (κ1) is 28.4. The number of thiophene rings is 1. The number of hydrogen-bond acceptors (Lipinski definition) is 5. The van der Waals surface area contributed by atoms with Crippen LogP contribution in [0.3, 0.4) is 0 Å². The average molecular weight is 523 g/mol. The second-order valence-electron chi connectivity index (χ2n) is 7.51. The highest BCUT2D eigenvalue weighted by atomic mass is 32.1. The zero-order valence-corrected chi connectivity index (χ0v) is 20.1. The van der Waals surface area contributed by atoms with Gasteiger partial charge in [-0.15, -0.1) is 11.3 Å². The van der Waals surface area contributed by atoms with Crippen molar-refractivity contribution in [1.82, 2.24) is 0 Å². The van der Waals surface area contributed by atoms with E-state index in [1.165, 1.54) is 10.9 Å². The van der Waals surface area contributed by atoms with Gasteiger partial charge in [-0.3, -0.25) is 4.79 Å². The number of carbonyl (C=O) groups excluding carboxylic acids is 1. The fourth-order valence-corrected chi connectivity index (χ4v) is 3.80. The number of carboxylic acids is 2. The normalized spacial score (nSPS) is 10.7. The molecule has 0 saturated heterocycles. The van der Waals surface area contributed by atoms with Gasteiger partial charge in [0, 0.05) is 22.7 Å². The number of nitrogens with zero attached hydrogens (tertiary/aromatic N) is 1. The predicted octanol–water partition coefficient (Wildman–Crippen LogP) is 6.14. The molecule has 0 radical (unpaired) electrons. The third-order valence-electron chi connectivity index (χ3n) is 4.81. The van der Waals surface area contributed by atoms with E-state index < -0.39 is 18.1 Å². The van der Waals surface area contributed by atoms with E-state index in [1.54, 1.807) is 47.7 Å². The van der Waals surface area contributed by atoms with Gasteiger partial charge >= 0.3 is 18.1 Å². The summed E-state index contributed by atoms with van der Waals surface area (Å²) in [5.74, 6) is -4.04. The lowest BCUT2D eigenvalue weighted by Gasteiger charge is -2.26. The Morgan fingerprint density at radius 1 is 1.00 bits per heavy atom. The molecule has 0 bridgehead atoms. The van der Waals surface area contributed by atoms with Crippen LogP contribution < -0.4 is 10.2 Å². The smallest absolute Gasteiger partial charge is 0.478 e. The van der Waals surface area contributed by atoms with Crippen LogP contribution in [0.1, 0.15) is 45.4 Å². The number of alkyl halides is 3. The maximum atomic E-state index is 12.4. The molecule has 0 atom stereocenters. The molecule has 36 heavy (non-hydrogen) atoms. The number of hydrogen-bond donors (Lipinski definition) is 3. The number of aliphatic carboxylic acids is 1. The summed E-state index contributed by atoms with van der Waals surface area (Å²) in [7, 11) is 0. The van der Waals surface area contributed by atoms with Gasteiger partial charge in [0.05, 0.1) is 17.8 Å². The van der Waals surface area contributed by atoms with Crippen molar-refractivity contribution >= 4 is 40.6 Å². The standard InChI is InChI=1S/C23H24N2O3S.C2HF3O2/c1-2-3-13-25(16-19-10-7-14-29-19)21-12-11-18(15-20(21)23(27)28)24-22(26)17-8-5-4-6-9-17;3-2(4,5)1(6)7/h4-12,14-15H,2-3,13,16H2,1H3,(H,24,26)(H,27,28);(H,6,7). The van der Waals surface area contributed by atoms with Crippen molar-refractivity contribution in [1.29, 1.82) is 0 Å². The third-order valence-corrected chi connectivity index (χ3v) is 5.67. The highest BCUT2D eigenvalue weighted by molar-refractivity contribution is 7.09. The number of halogens is 3. The molecule has 3 aromatic rings. The summed E-state index contributed by atoms with van der Waals surface area (Å²) < 4.78 is 31.7. The van der Waals surface area contributed by atoms with Gasteiger partial charge in [-0.1, -0.05) is 37.6 Å². The first-order valence-corrected chi connectivity index (χ1v) is 11.7. The van der Waals surface area contributed by atoms with Crippen molar-refractivity contribution in [2.45, 2.75) is 32.5 Å². The van der Waals surface area contributed by atoms with Gasteiger partial charge in [0.1, 0.15) is 0 Å².